The Hall–Kier alpha value is -11.2. The van der Waals surface area contributed by atoms with Crippen LogP contribution in [0.4, 0.5) is 0 Å². The molecule has 0 spiro atoms. The summed E-state index contributed by atoms with van der Waals surface area (Å²) >= 11 is 0. The first-order chi connectivity index (χ1) is 61.6. The third-order valence-electron chi connectivity index (χ3n) is 25.1. The number of carbonyl (C=O) groups is 12. The van der Waals surface area contributed by atoms with Crippen LogP contribution in [0, 0.1) is 40.4 Å². The highest BCUT2D eigenvalue weighted by Gasteiger charge is 2.42. The van der Waals surface area contributed by atoms with Crippen LogP contribution in [-0.4, -0.2) is 196 Å². The van der Waals surface area contributed by atoms with Crippen molar-refractivity contribution in [1.29, 1.82) is 0 Å². The van der Waals surface area contributed by atoms with Crippen molar-refractivity contribution in [3.63, 3.8) is 0 Å². The quantitative estimate of drug-likeness (QED) is 0.0252. The molecule has 6 aliphatic heterocycles. The van der Waals surface area contributed by atoms with Gasteiger partial charge in [0.1, 0.15) is 72.7 Å². The summed E-state index contributed by atoms with van der Waals surface area (Å²) in [6.45, 7) is 35.4. The molecule has 1 aliphatic carbocycles. The van der Waals surface area contributed by atoms with Gasteiger partial charge < -0.3 is 50.8 Å². The fourth-order valence-corrected chi connectivity index (χ4v) is 16.7. The number of amides is 9. The van der Waals surface area contributed by atoms with Gasteiger partial charge in [-0.05, 0) is 190 Å². The fraction of sp³-hybridized carbons (Fsp3) is 0.541. The zero-order valence-corrected chi connectivity index (χ0v) is 79.5. The Morgan fingerprint density at radius 2 is 0.777 bits per heavy atom. The molecule has 31 nitrogen and oxygen atoms in total. The number of esters is 3. The van der Waals surface area contributed by atoms with E-state index >= 15 is 0 Å². The van der Waals surface area contributed by atoms with Crippen LogP contribution in [-0.2, 0) is 76.5 Å². The number of aromatic nitrogens is 3. The number of cyclic esters (lactones) is 3. The van der Waals surface area contributed by atoms with Crippen molar-refractivity contribution >= 4 is 130 Å². The molecule has 130 heavy (non-hydrogen) atoms. The number of pyridine rings is 3. The summed E-state index contributed by atoms with van der Waals surface area (Å²) in [7, 11) is -1.36. The molecule has 7 aliphatic rings. The summed E-state index contributed by atoms with van der Waals surface area (Å²) in [6.07, 6.45) is 16.1. The van der Waals surface area contributed by atoms with Gasteiger partial charge in [0, 0.05) is 50.5 Å². The Morgan fingerprint density at radius 3 is 1.12 bits per heavy atom. The highest BCUT2D eigenvalue weighted by atomic mass is 28.3. The summed E-state index contributed by atoms with van der Waals surface area (Å²) < 4.78 is 23.4. The van der Waals surface area contributed by atoms with Gasteiger partial charge >= 0.3 is 17.9 Å². The number of fused-ring (bicyclic) bond motifs is 12. The molecule has 3 aromatic carbocycles. The average Bonchev–Trinajstić information content (AvgIpc) is 1.05. The van der Waals surface area contributed by atoms with E-state index in [1.54, 1.807) is 48.5 Å². The van der Waals surface area contributed by atoms with E-state index in [0.717, 1.165) is 62.8 Å². The van der Waals surface area contributed by atoms with E-state index in [9.17, 15) is 57.5 Å². The van der Waals surface area contributed by atoms with E-state index in [2.05, 4.69) is 67.8 Å². The first kappa shape index (κ1) is 99.4. The first-order valence-corrected chi connectivity index (χ1v) is 49.8. The number of benzene rings is 3. The number of hydrazine groups is 3. The number of hydrogen-bond acceptors (Lipinski definition) is 22. The molecule has 9 N–H and O–H groups in total. The third kappa shape index (κ3) is 26.1. The molecule has 15 bridgehead atoms. The summed E-state index contributed by atoms with van der Waals surface area (Å²) in [6, 6.07) is 22.5. The zero-order valence-electron chi connectivity index (χ0n) is 78.5. The largest absolute Gasteiger partial charge is 0.455 e. The zero-order chi connectivity index (χ0) is 94.4. The Labute approximate surface area is 763 Å². The molecule has 9 amide bonds. The summed E-state index contributed by atoms with van der Waals surface area (Å²) in [4.78, 5) is 175. The summed E-state index contributed by atoms with van der Waals surface area (Å²) in [5, 5.41) is 24.1. The second-order valence-corrected chi connectivity index (χ2v) is 44.0. The molecule has 3 aromatic heterocycles. The van der Waals surface area contributed by atoms with E-state index in [1.165, 1.54) is 15.0 Å². The van der Waals surface area contributed by atoms with Crippen LogP contribution in [0.25, 0.3) is 50.9 Å². The standard InChI is InChI=1S/C35H51N5O6Si.C32H41N5O5.C31H41N5O5/c1-22(2)30-31(41)36-23(3)32(42)40-17-9-10-28(39-40)33(43)46-24(4)27-14-13-26-12-11-25(20-29(26)37-27)15-16-35(5,34(44)38-30)21-45-18-19-47(6,7)8;1-18(2)28-30(39)33-19(3)31(40)37-15-5-6-26(36-37)32(41)42-20(4)25-14-13-23-11-9-22(17-27(23)34-25)10-12-24(29(38)35-28)16-21-7-8-21;1-7-31(6)15-14-21-10-11-22-12-13-23(33-25(22)17-21)20(5)41-29(39)24-9-8-16-36(35-24)28(38)19(4)32-27(37)26(18(2)3)34-30(31)40/h11-16,20,22-24,28,30,39H,9-10,17-19,21H2,1-8H3,(H,36,41)(H,38,44);9-14,17-21,24,26,28,36H,5-8,15-16H2,1-4H3,(H,33,39)(H,35,38);10-15,17-20,24,26,35H,7-9,16H2,1-6H3,(H,32,37)(H,34,40)/b16-15+;12-10+;15-14+/t23-,24+,28-,30-,35-;19-,20+,24-,26-,28-;19-,20+,24-,26-,31-/m000/s1. The normalized spacial score (nSPS) is 28.4. The molecule has 9 heterocycles. The van der Waals surface area contributed by atoms with Crippen molar-refractivity contribution < 1.29 is 76.5 Å². The van der Waals surface area contributed by atoms with Gasteiger partial charge in [-0.2, -0.15) is 0 Å². The number of rotatable bonds is 11. The van der Waals surface area contributed by atoms with Crippen LogP contribution in [0.15, 0.2) is 109 Å². The fourth-order valence-electron chi connectivity index (χ4n) is 16.0. The van der Waals surface area contributed by atoms with Crippen molar-refractivity contribution in [3.8, 4) is 0 Å². The molecular formula is C98H133N15O16Si. The lowest BCUT2D eigenvalue weighted by atomic mass is 9.84. The maximum Gasteiger partial charge on any atom is 0.325 e. The second-order valence-electron chi connectivity index (χ2n) is 38.4. The molecule has 32 heteroatoms. The van der Waals surface area contributed by atoms with Gasteiger partial charge in [-0.1, -0.05) is 172 Å². The van der Waals surface area contributed by atoms with Gasteiger partial charge in [0.05, 0.1) is 57.0 Å². The topological polar surface area (TPSA) is 398 Å². The minimum Gasteiger partial charge on any atom is -0.455 e. The molecule has 0 unspecified atom stereocenters. The Kier molecular flexibility index (Phi) is 33.4. The number of hydrogen-bond donors (Lipinski definition) is 9. The van der Waals surface area contributed by atoms with Gasteiger partial charge in [0.25, 0.3) is 17.7 Å². The van der Waals surface area contributed by atoms with Gasteiger partial charge in [-0.3, -0.25) is 72.6 Å². The van der Waals surface area contributed by atoms with E-state index < -0.39 is 139 Å². The van der Waals surface area contributed by atoms with Crippen LogP contribution >= 0.6 is 0 Å². The highest BCUT2D eigenvalue weighted by molar-refractivity contribution is 6.76. The Balaban J connectivity index is 0.000000189. The van der Waals surface area contributed by atoms with Crippen molar-refractivity contribution in [3.05, 3.63) is 143 Å². The average molecular weight is 1810 g/mol. The van der Waals surface area contributed by atoms with E-state index in [-0.39, 0.29) is 53.9 Å². The van der Waals surface area contributed by atoms with Crippen molar-refractivity contribution in [2.45, 2.75) is 266 Å². The predicted molar refractivity (Wildman–Crippen MR) is 499 cm³/mol. The van der Waals surface area contributed by atoms with Crippen LogP contribution in [0.5, 0.6) is 0 Å². The minimum absolute atomic E-state index is 0.127. The maximum absolute atomic E-state index is 14.0. The van der Waals surface area contributed by atoms with Crippen LogP contribution in [0.1, 0.15) is 220 Å². The molecule has 1 saturated carbocycles. The van der Waals surface area contributed by atoms with Gasteiger partial charge in [0.15, 0.2) is 0 Å². The Bertz CT molecular complexity index is 5260. The van der Waals surface area contributed by atoms with E-state index in [1.807, 2.05) is 183 Å². The lowest BCUT2D eigenvalue weighted by molar-refractivity contribution is -0.158. The minimum atomic E-state index is -1.36. The van der Waals surface area contributed by atoms with Gasteiger partial charge in [-0.15, -0.1) is 0 Å². The number of carbonyl (C=O) groups excluding carboxylic acids is 12. The van der Waals surface area contributed by atoms with Crippen molar-refractivity contribution in [2.75, 3.05) is 32.8 Å². The lowest BCUT2D eigenvalue weighted by Crippen LogP contribution is -2.61. The molecule has 15 atom stereocenters. The van der Waals surface area contributed by atoms with Crippen LogP contribution in [0.2, 0.25) is 25.7 Å². The summed E-state index contributed by atoms with van der Waals surface area (Å²) in [5.41, 5.74) is 13.6. The third-order valence-corrected chi connectivity index (χ3v) is 26.8. The summed E-state index contributed by atoms with van der Waals surface area (Å²) in [5.74, 6) is -5.31. The molecule has 4 fully saturated rings. The molecule has 700 valence electrons. The molecular weight excluding hydrogens is 1670 g/mol. The van der Waals surface area contributed by atoms with Crippen LogP contribution in [0.3, 0.4) is 0 Å². The SMILES string of the molecule is CC(C)[C@@H]1NC(=O)[C@H](CC2CC2)/C=C/c2ccc3ccc(nc3c2)[C@@H](C)OC(=O)[C@@H]2CCCN(N2)C(=O)[C@H](C)NC1=O.CC(C)[C@@H]1NC(=O)[C@](C)(COCC[Si](C)(C)C)/C=C/c2ccc3ccc(nc3c2)[C@@H](C)OC(=O)[C@@H]2CCCN(N2)C(=O)[C@H](C)NC1=O.CC[C@@]1(C)/C=C/c2ccc3ccc(nc3c2)[C@@H](C)OC(=O)[C@@H]2CCCN(N2)C(=O)[C@H](C)NC(=O)[C@H](C(C)C)NC1=O. The van der Waals surface area contributed by atoms with Crippen molar-refractivity contribution in [2.24, 2.45) is 40.4 Å². The number of nitrogens with zero attached hydrogens (tertiary/aromatic N) is 6. The van der Waals surface area contributed by atoms with Crippen molar-refractivity contribution in [1.82, 2.24) is 78.2 Å². The highest BCUT2D eigenvalue weighted by Crippen LogP contribution is 2.37. The molecule has 13 rings (SSSR count). The van der Waals surface area contributed by atoms with E-state index in [0.29, 0.717) is 106 Å². The molecule has 3 saturated heterocycles. The lowest BCUT2D eigenvalue weighted by Gasteiger charge is -2.35. The Morgan fingerprint density at radius 1 is 0.438 bits per heavy atom. The first-order valence-electron chi connectivity index (χ1n) is 46.1. The molecule has 0 radical (unpaired) electrons. The smallest absolute Gasteiger partial charge is 0.325 e. The van der Waals surface area contributed by atoms with Gasteiger partial charge in [0.2, 0.25) is 35.4 Å². The molecule has 6 aromatic rings. The van der Waals surface area contributed by atoms with E-state index in [4.69, 9.17) is 33.9 Å². The second kappa shape index (κ2) is 43.7. The van der Waals surface area contributed by atoms with Crippen LogP contribution < -0.4 is 48.2 Å². The number of nitrogens with one attached hydrogen (secondary N) is 9. The predicted octanol–water partition coefficient (Wildman–Crippen LogP) is 11.2. The van der Waals surface area contributed by atoms with Gasteiger partial charge in [-0.25, -0.2) is 31.2 Å². The number of ether oxygens (including phenoxy) is 4. The maximum atomic E-state index is 14.0. The monoisotopic (exact) mass is 1800 g/mol.